The fourth-order valence-electron chi connectivity index (χ4n) is 3.87. The van der Waals surface area contributed by atoms with Gasteiger partial charge in [-0.25, -0.2) is 12.8 Å². The summed E-state index contributed by atoms with van der Waals surface area (Å²) in [6.45, 7) is 4.42. The molecule has 8 heteroatoms. The van der Waals surface area contributed by atoms with Crippen LogP contribution < -0.4 is 5.32 Å². The fourth-order valence-corrected chi connectivity index (χ4v) is 6.22. The van der Waals surface area contributed by atoms with Crippen molar-refractivity contribution in [3.8, 4) is 0 Å². The van der Waals surface area contributed by atoms with Crippen molar-refractivity contribution in [1.29, 1.82) is 0 Å². The van der Waals surface area contributed by atoms with Crippen LogP contribution in [-0.4, -0.2) is 31.6 Å². The van der Waals surface area contributed by atoms with Gasteiger partial charge in [-0.05, 0) is 68.5 Å². The van der Waals surface area contributed by atoms with Crippen LogP contribution in [0.4, 0.5) is 10.1 Å². The van der Waals surface area contributed by atoms with Crippen molar-refractivity contribution >= 4 is 27.4 Å². The molecule has 31 heavy (non-hydrogen) atoms. The standard InChI is InChI=1S/C23H26FNO5S/c1-15-6-7-17(3)20(12-15)31(28,29)23(10-4-5-11-23)22(27)30-14-21(26)25-18-9-8-16(2)19(24)13-18/h6-9,12-13H,4-5,10-11,14H2,1-3H3,(H,25,26). The number of nitrogens with one attached hydrogen (secondary N) is 1. The van der Waals surface area contributed by atoms with Gasteiger partial charge in [0.1, 0.15) is 5.82 Å². The predicted molar refractivity (Wildman–Crippen MR) is 115 cm³/mol. The van der Waals surface area contributed by atoms with Crippen molar-refractivity contribution in [2.45, 2.75) is 56.1 Å². The molecule has 3 rings (SSSR count). The van der Waals surface area contributed by atoms with E-state index in [4.69, 9.17) is 4.74 Å². The zero-order chi connectivity index (χ0) is 22.8. The molecule has 1 N–H and O–H groups in total. The lowest BCUT2D eigenvalue weighted by Crippen LogP contribution is -2.46. The summed E-state index contributed by atoms with van der Waals surface area (Å²) in [4.78, 5) is 25.3. The smallest absolute Gasteiger partial charge is 0.328 e. The van der Waals surface area contributed by atoms with Gasteiger partial charge in [0.25, 0.3) is 5.91 Å². The van der Waals surface area contributed by atoms with Crippen LogP contribution in [-0.2, 0) is 24.2 Å². The van der Waals surface area contributed by atoms with E-state index in [1.807, 2.05) is 6.07 Å². The van der Waals surface area contributed by atoms with Gasteiger partial charge < -0.3 is 10.1 Å². The zero-order valence-electron chi connectivity index (χ0n) is 17.8. The monoisotopic (exact) mass is 447 g/mol. The summed E-state index contributed by atoms with van der Waals surface area (Å²) < 4.78 is 44.2. The number of benzene rings is 2. The van der Waals surface area contributed by atoms with Crippen LogP contribution >= 0.6 is 0 Å². The maximum Gasteiger partial charge on any atom is 0.328 e. The molecule has 0 aliphatic heterocycles. The lowest BCUT2D eigenvalue weighted by atomic mass is 10.1. The van der Waals surface area contributed by atoms with Gasteiger partial charge in [-0.1, -0.05) is 31.0 Å². The summed E-state index contributed by atoms with van der Waals surface area (Å²) in [6, 6.07) is 9.30. The topological polar surface area (TPSA) is 89.5 Å². The number of hydrogen-bond donors (Lipinski definition) is 1. The molecule has 1 saturated carbocycles. The summed E-state index contributed by atoms with van der Waals surface area (Å²) in [7, 11) is -4.03. The van der Waals surface area contributed by atoms with Gasteiger partial charge >= 0.3 is 5.97 Å². The molecule has 166 valence electrons. The predicted octanol–water partition coefficient (Wildman–Crippen LogP) is 4.02. The van der Waals surface area contributed by atoms with Gasteiger partial charge in [-0.2, -0.15) is 0 Å². The number of halogens is 1. The van der Waals surface area contributed by atoms with Crippen molar-refractivity contribution in [2.24, 2.45) is 0 Å². The molecule has 0 saturated heterocycles. The molecular formula is C23H26FNO5S. The van der Waals surface area contributed by atoms with Gasteiger partial charge in [-0.15, -0.1) is 0 Å². The van der Waals surface area contributed by atoms with E-state index in [9.17, 15) is 22.4 Å². The molecule has 1 fully saturated rings. The summed E-state index contributed by atoms with van der Waals surface area (Å²) in [6.07, 6.45) is 1.45. The van der Waals surface area contributed by atoms with Crippen molar-refractivity contribution in [3.63, 3.8) is 0 Å². The number of aryl methyl sites for hydroxylation is 3. The average Bonchev–Trinajstić information content (AvgIpc) is 3.22. The Balaban J connectivity index is 1.78. The van der Waals surface area contributed by atoms with E-state index in [-0.39, 0.29) is 23.4 Å². The molecule has 6 nitrogen and oxygen atoms in total. The van der Waals surface area contributed by atoms with Crippen molar-refractivity contribution < 1.29 is 27.1 Å². The average molecular weight is 448 g/mol. The van der Waals surface area contributed by atoms with Gasteiger partial charge in [0.15, 0.2) is 21.2 Å². The van der Waals surface area contributed by atoms with Gasteiger partial charge in [0, 0.05) is 5.69 Å². The van der Waals surface area contributed by atoms with Crippen LogP contribution in [0.1, 0.15) is 42.4 Å². The van der Waals surface area contributed by atoms with E-state index in [1.54, 1.807) is 32.9 Å². The van der Waals surface area contributed by atoms with E-state index < -0.39 is 38.9 Å². The minimum atomic E-state index is -4.03. The second-order valence-electron chi connectivity index (χ2n) is 8.06. The number of rotatable bonds is 6. The molecule has 0 atom stereocenters. The maximum absolute atomic E-state index is 13.6. The highest BCUT2D eigenvalue weighted by Crippen LogP contribution is 2.42. The number of carbonyl (C=O) groups excluding carboxylic acids is 2. The lowest BCUT2D eigenvalue weighted by Gasteiger charge is -2.27. The Morgan fingerprint density at radius 3 is 2.32 bits per heavy atom. The highest BCUT2D eigenvalue weighted by Gasteiger charge is 2.54. The van der Waals surface area contributed by atoms with Gasteiger partial charge in [-0.3, -0.25) is 9.59 Å². The van der Waals surface area contributed by atoms with E-state index in [2.05, 4.69) is 5.32 Å². The van der Waals surface area contributed by atoms with E-state index in [0.717, 1.165) is 5.56 Å². The highest BCUT2D eigenvalue weighted by atomic mass is 32.2. The molecular weight excluding hydrogens is 421 g/mol. The van der Waals surface area contributed by atoms with Crippen molar-refractivity contribution in [2.75, 3.05) is 11.9 Å². The van der Waals surface area contributed by atoms with Crippen LogP contribution in [0.3, 0.4) is 0 Å². The van der Waals surface area contributed by atoms with E-state index in [1.165, 1.54) is 18.2 Å². The van der Waals surface area contributed by atoms with Gasteiger partial charge in [0.05, 0.1) is 4.90 Å². The summed E-state index contributed by atoms with van der Waals surface area (Å²) in [5.41, 5.74) is 1.99. The van der Waals surface area contributed by atoms with Crippen LogP contribution in [0.25, 0.3) is 0 Å². The number of hydrogen-bond acceptors (Lipinski definition) is 5. The summed E-state index contributed by atoms with van der Waals surface area (Å²) >= 11 is 0. The first kappa shape index (κ1) is 22.9. The first-order chi connectivity index (χ1) is 14.6. The Morgan fingerprint density at radius 1 is 1.03 bits per heavy atom. The molecule has 0 spiro atoms. The molecule has 0 radical (unpaired) electrons. The Kier molecular flexibility index (Phi) is 6.50. The van der Waals surface area contributed by atoms with E-state index >= 15 is 0 Å². The van der Waals surface area contributed by atoms with Crippen LogP contribution in [0.5, 0.6) is 0 Å². The number of carbonyl (C=O) groups is 2. The minimum absolute atomic E-state index is 0.117. The van der Waals surface area contributed by atoms with E-state index in [0.29, 0.717) is 24.0 Å². The minimum Gasteiger partial charge on any atom is -0.454 e. The first-order valence-corrected chi connectivity index (χ1v) is 11.6. The number of amides is 1. The molecule has 2 aromatic rings. The van der Waals surface area contributed by atoms with Crippen molar-refractivity contribution in [3.05, 3.63) is 58.9 Å². The zero-order valence-corrected chi connectivity index (χ0v) is 18.6. The molecule has 1 aliphatic carbocycles. The maximum atomic E-state index is 13.6. The number of ether oxygens (including phenoxy) is 1. The molecule has 0 bridgehead atoms. The first-order valence-electron chi connectivity index (χ1n) is 10.1. The van der Waals surface area contributed by atoms with Crippen LogP contribution in [0.15, 0.2) is 41.3 Å². The number of sulfone groups is 1. The third kappa shape index (κ3) is 4.49. The summed E-state index contributed by atoms with van der Waals surface area (Å²) in [5, 5.41) is 2.45. The second kappa shape index (κ2) is 8.78. The Bertz CT molecular complexity index is 1120. The molecule has 1 amide bonds. The fraction of sp³-hybridized carbons (Fsp3) is 0.391. The van der Waals surface area contributed by atoms with Crippen LogP contribution in [0, 0.1) is 26.6 Å². The van der Waals surface area contributed by atoms with Gasteiger partial charge in [0.2, 0.25) is 0 Å². The Morgan fingerprint density at radius 2 is 1.68 bits per heavy atom. The molecule has 1 aliphatic rings. The SMILES string of the molecule is Cc1ccc(C)c(S(=O)(=O)C2(C(=O)OCC(=O)Nc3ccc(C)c(F)c3)CCCC2)c1. The molecule has 0 aromatic heterocycles. The molecule has 2 aromatic carbocycles. The second-order valence-corrected chi connectivity index (χ2v) is 10.3. The third-order valence-corrected chi connectivity index (χ3v) is 8.34. The quantitative estimate of drug-likeness (QED) is 0.676. The van der Waals surface area contributed by atoms with Crippen molar-refractivity contribution in [1.82, 2.24) is 0 Å². The Hall–Kier alpha value is -2.74. The third-order valence-electron chi connectivity index (χ3n) is 5.72. The van der Waals surface area contributed by atoms with Crippen LogP contribution in [0.2, 0.25) is 0 Å². The largest absolute Gasteiger partial charge is 0.454 e. The normalized spacial score (nSPS) is 15.5. The summed E-state index contributed by atoms with van der Waals surface area (Å²) in [5.74, 6) is -2.07. The molecule has 0 heterocycles. The number of esters is 1. The highest BCUT2D eigenvalue weighted by molar-refractivity contribution is 7.93. The lowest BCUT2D eigenvalue weighted by molar-refractivity contribution is -0.149. The number of anilines is 1. The molecule has 0 unspecified atom stereocenters. The Labute approximate surface area is 181 Å².